The molecule has 0 aromatic carbocycles. The standard InChI is InChI=1S/C10H18BrN3/c1-8(2)7-14-10(11)9(6-13-14)4-3-5-12/h6,8H,3-5,7,12H2,1-2H3. The maximum atomic E-state index is 5.47. The van der Waals surface area contributed by atoms with E-state index in [9.17, 15) is 0 Å². The van der Waals surface area contributed by atoms with Gasteiger partial charge in [-0.15, -0.1) is 0 Å². The second-order valence-corrected chi connectivity index (χ2v) is 4.68. The Morgan fingerprint density at radius 2 is 2.29 bits per heavy atom. The van der Waals surface area contributed by atoms with Gasteiger partial charge in [-0.1, -0.05) is 13.8 Å². The van der Waals surface area contributed by atoms with Crippen LogP contribution in [0.25, 0.3) is 0 Å². The Kier molecular flexibility index (Phi) is 4.62. The summed E-state index contributed by atoms with van der Waals surface area (Å²) in [4.78, 5) is 0. The van der Waals surface area contributed by atoms with E-state index in [1.807, 2.05) is 10.9 Å². The Morgan fingerprint density at radius 1 is 1.57 bits per heavy atom. The Bertz CT molecular complexity index is 281. The summed E-state index contributed by atoms with van der Waals surface area (Å²) in [6, 6.07) is 0. The molecule has 0 saturated carbocycles. The van der Waals surface area contributed by atoms with Gasteiger partial charge in [-0.3, -0.25) is 4.68 Å². The summed E-state index contributed by atoms with van der Waals surface area (Å²) in [6.45, 7) is 6.08. The van der Waals surface area contributed by atoms with Crippen LogP contribution in [-0.2, 0) is 13.0 Å². The number of aromatic nitrogens is 2. The van der Waals surface area contributed by atoms with Crippen molar-refractivity contribution in [1.82, 2.24) is 9.78 Å². The van der Waals surface area contributed by atoms with Crippen LogP contribution in [0, 0.1) is 5.92 Å². The van der Waals surface area contributed by atoms with Gasteiger partial charge in [0.05, 0.1) is 6.20 Å². The van der Waals surface area contributed by atoms with Crippen molar-refractivity contribution in [1.29, 1.82) is 0 Å². The van der Waals surface area contributed by atoms with Crippen LogP contribution >= 0.6 is 15.9 Å². The van der Waals surface area contributed by atoms with Gasteiger partial charge in [0.25, 0.3) is 0 Å². The maximum absolute atomic E-state index is 5.47. The molecule has 0 saturated heterocycles. The molecule has 0 radical (unpaired) electrons. The molecule has 0 fully saturated rings. The highest BCUT2D eigenvalue weighted by molar-refractivity contribution is 9.10. The molecule has 4 heteroatoms. The molecule has 1 aromatic rings. The van der Waals surface area contributed by atoms with E-state index in [0.717, 1.165) is 30.5 Å². The van der Waals surface area contributed by atoms with Crippen LogP contribution in [0.1, 0.15) is 25.8 Å². The smallest absolute Gasteiger partial charge is 0.107 e. The topological polar surface area (TPSA) is 43.8 Å². The highest BCUT2D eigenvalue weighted by Gasteiger charge is 2.08. The van der Waals surface area contributed by atoms with Gasteiger partial charge in [0, 0.05) is 12.1 Å². The summed E-state index contributed by atoms with van der Waals surface area (Å²) in [5.41, 5.74) is 6.73. The minimum atomic E-state index is 0.619. The first-order valence-corrected chi connectivity index (χ1v) is 5.84. The van der Waals surface area contributed by atoms with E-state index in [1.54, 1.807) is 0 Å². The second kappa shape index (κ2) is 5.51. The predicted octanol–water partition coefficient (Wildman–Crippen LogP) is 2.19. The molecule has 0 atom stereocenters. The number of halogens is 1. The molecule has 1 aromatic heterocycles. The first-order chi connectivity index (χ1) is 6.65. The SMILES string of the molecule is CC(C)Cn1ncc(CCCN)c1Br. The minimum Gasteiger partial charge on any atom is -0.330 e. The van der Waals surface area contributed by atoms with Crippen LogP contribution in [-0.4, -0.2) is 16.3 Å². The molecule has 1 rings (SSSR count). The molecule has 0 bridgehead atoms. The number of hydrogen-bond donors (Lipinski definition) is 1. The summed E-state index contributed by atoms with van der Waals surface area (Å²) in [7, 11) is 0. The van der Waals surface area contributed by atoms with Crippen molar-refractivity contribution in [3.63, 3.8) is 0 Å². The Morgan fingerprint density at radius 3 is 2.86 bits per heavy atom. The van der Waals surface area contributed by atoms with E-state index in [0.29, 0.717) is 5.92 Å². The van der Waals surface area contributed by atoms with E-state index >= 15 is 0 Å². The van der Waals surface area contributed by atoms with Gasteiger partial charge in [0.1, 0.15) is 4.60 Å². The maximum Gasteiger partial charge on any atom is 0.107 e. The Hall–Kier alpha value is -0.350. The van der Waals surface area contributed by atoms with Gasteiger partial charge < -0.3 is 5.73 Å². The lowest BCUT2D eigenvalue weighted by Crippen LogP contribution is -2.06. The fourth-order valence-corrected chi connectivity index (χ4v) is 1.88. The number of nitrogens with two attached hydrogens (primary N) is 1. The third kappa shape index (κ3) is 3.10. The summed E-state index contributed by atoms with van der Waals surface area (Å²) < 4.78 is 3.12. The first kappa shape index (κ1) is 11.7. The number of aryl methyl sites for hydroxylation is 1. The highest BCUT2D eigenvalue weighted by Crippen LogP contribution is 2.18. The quantitative estimate of drug-likeness (QED) is 0.881. The fraction of sp³-hybridized carbons (Fsp3) is 0.700. The first-order valence-electron chi connectivity index (χ1n) is 5.05. The van der Waals surface area contributed by atoms with E-state index < -0.39 is 0 Å². The number of hydrogen-bond acceptors (Lipinski definition) is 2. The van der Waals surface area contributed by atoms with Crippen molar-refractivity contribution in [3.8, 4) is 0 Å². The molecule has 3 nitrogen and oxygen atoms in total. The molecule has 0 spiro atoms. The monoisotopic (exact) mass is 259 g/mol. The van der Waals surface area contributed by atoms with Crippen LogP contribution in [0.15, 0.2) is 10.8 Å². The lowest BCUT2D eigenvalue weighted by molar-refractivity contribution is 0.475. The zero-order chi connectivity index (χ0) is 10.6. The average Bonchev–Trinajstić information content (AvgIpc) is 2.45. The average molecular weight is 260 g/mol. The zero-order valence-electron chi connectivity index (χ0n) is 8.83. The summed E-state index contributed by atoms with van der Waals surface area (Å²) in [5.74, 6) is 0.619. The highest BCUT2D eigenvalue weighted by atomic mass is 79.9. The molecule has 14 heavy (non-hydrogen) atoms. The van der Waals surface area contributed by atoms with Crippen LogP contribution in [0.5, 0.6) is 0 Å². The molecule has 0 aliphatic heterocycles. The van der Waals surface area contributed by atoms with Crippen molar-refractivity contribution in [2.75, 3.05) is 6.54 Å². The van der Waals surface area contributed by atoms with Crippen molar-refractivity contribution in [2.45, 2.75) is 33.2 Å². The predicted molar refractivity (Wildman–Crippen MR) is 62.1 cm³/mol. The van der Waals surface area contributed by atoms with E-state index in [4.69, 9.17) is 5.73 Å². The van der Waals surface area contributed by atoms with Gasteiger partial charge in [-0.05, 0) is 41.2 Å². The number of nitrogens with zero attached hydrogens (tertiary/aromatic N) is 2. The molecule has 2 N–H and O–H groups in total. The largest absolute Gasteiger partial charge is 0.330 e. The lowest BCUT2D eigenvalue weighted by atomic mass is 10.2. The fourth-order valence-electron chi connectivity index (χ4n) is 1.34. The Balaban J connectivity index is 2.65. The van der Waals surface area contributed by atoms with Gasteiger partial charge >= 0.3 is 0 Å². The number of rotatable bonds is 5. The molecule has 0 amide bonds. The van der Waals surface area contributed by atoms with Crippen molar-refractivity contribution < 1.29 is 0 Å². The molecule has 0 aliphatic rings. The zero-order valence-corrected chi connectivity index (χ0v) is 10.4. The second-order valence-electron chi connectivity index (χ2n) is 3.93. The third-order valence-electron chi connectivity index (χ3n) is 2.03. The van der Waals surface area contributed by atoms with E-state index in [2.05, 4.69) is 34.9 Å². The minimum absolute atomic E-state index is 0.619. The lowest BCUT2D eigenvalue weighted by Gasteiger charge is -2.06. The molecule has 0 unspecified atom stereocenters. The van der Waals surface area contributed by atoms with E-state index in [-0.39, 0.29) is 0 Å². The third-order valence-corrected chi connectivity index (χ3v) is 2.95. The summed E-state index contributed by atoms with van der Waals surface area (Å²) in [5, 5.41) is 4.34. The molecule has 80 valence electrons. The van der Waals surface area contributed by atoms with Crippen molar-refractivity contribution in [3.05, 3.63) is 16.4 Å². The molecular formula is C10H18BrN3. The van der Waals surface area contributed by atoms with Gasteiger partial charge in [0.15, 0.2) is 0 Å². The summed E-state index contributed by atoms with van der Waals surface area (Å²) >= 11 is 3.57. The van der Waals surface area contributed by atoms with Crippen molar-refractivity contribution >= 4 is 15.9 Å². The van der Waals surface area contributed by atoms with Gasteiger partial charge in [-0.25, -0.2) is 0 Å². The molecular weight excluding hydrogens is 242 g/mol. The van der Waals surface area contributed by atoms with Crippen LogP contribution in [0.4, 0.5) is 0 Å². The normalized spacial score (nSPS) is 11.2. The van der Waals surface area contributed by atoms with Crippen LogP contribution < -0.4 is 5.73 Å². The van der Waals surface area contributed by atoms with Gasteiger partial charge in [0.2, 0.25) is 0 Å². The van der Waals surface area contributed by atoms with Crippen LogP contribution in [0.3, 0.4) is 0 Å². The van der Waals surface area contributed by atoms with Crippen LogP contribution in [0.2, 0.25) is 0 Å². The molecule has 1 heterocycles. The summed E-state index contributed by atoms with van der Waals surface area (Å²) in [6.07, 6.45) is 3.96. The van der Waals surface area contributed by atoms with Gasteiger partial charge in [-0.2, -0.15) is 5.10 Å². The molecule has 0 aliphatic carbocycles. The Labute approximate surface area is 93.8 Å². The van der Waals surface area contributed by atoms with Crippen molar-refractivity contribution in [2.24, 2.45) is 11.7 Å². The van der Waals surface area contributed by atoms with E-state index in [1.165, 1.54) is 5.56 Å².